The first-order valence-corrected chi connectivity index (χ1v) is 11.5. The normalized spacial score (nSPS) is 14.3. The van der Waals surface area contributed by atoms with Gasteiger partial charge in [-0.3, -0.25) is 4.79 Å². The molecule has 0 saturated carbocycles. The summed E-state index contributed by atoms with van der Waals surface area (Å²) in [5, 5.41) is 6.49. The van der Waals surface area contributed by atoms with Crippen molar-refractivity contribution in [1.29, 1.82) is 0 Å². The Hall–Kier alpha value is -3.03. The lowest BCUT2D eigenvalue weighted by atomic mass is 9.97. The number of fused-ring (bicyclic) bond motifs is 1. The van der Waals surface area contributed by atoms with Crippen molar-refractivity contribution >= 4 is 28.9 Å². The molecule has 3 atom stereocenters. The molecule has 182 valence electrons. The van der Waals surface area contributed by atoms with Crippen LogP contribution in [0, 0.1) is 5.92 Å². The molecule has 0 aliphatic carbocycles. The lowest BCUT2D eigenvalue weighted by Crippen LogP contribution is -2.55. The van der Waals surface area contributed by atoms with Gasteiger partial charge in [-0.2, -0.15) is 0 Å². The highest BCUT2D eigenvalue weighted by molar-refractivity contribution is 5.91. The highest BCUT2D eigenvalue weighted by Crippen LogP contribution is 2.22. The fourth-order valence-electron chi connectivity index (χ4n) is 3.64. The first-order chi connectivity index (χ1) is 15.5. The van der Waals surface area contributed by atoms with Crippen LogP contribution < -0.4 is 10.6 Å². The molecule has 1 unspecified atom stereocenters. The number of ether oxygens (including phenoxy) is 2. The van der Waals surface area contributed by atoms with Gasteiger partial charge in [0.2, 0.25) is 5.91 Å². The summed E-state index contributed by atoms with van der Waals surface area (Å²) in [6, 6.07) is 6.13. The number of para-hydroxylation sites is 1. The third kappa shape index (κ3) is 7.23. The minimum Gasteiger partial charge on any atom is -0.464 e. The van der Waals surface area contributed by atoms with Crippen molar-refractivity contribution in [1.82, 2.24) is 15.2 Å². The van der Waals surface area contributed by atoms with Gasteiger partial charge in [0, 0.05) is 30.6 Å². The number of alkyl carbamates (subject to hydrolysis) is 1. The first kappa shape index (κ1) is 26.2. The van der Waals surface area contributed by atoms with E-state index in [4.69, 9.17) is 9.47 Å². The third-order valence-corrected chi connectivity index (χ3v) is 5.46. The molecule has 0 aliphatic heterocycles. The maximum atomic E-state index is 13.2. The minimum atomic E-state index is -0.893. The molecule has 2 N–H and O–H groups in total. The largest absolute Gasteiger partial charge is 0.464 e. The highest BCUT2D eigenvalue weighted by atomic mass is 16.6. The van der Waals surface area contributed by atoms with Gasteiger partial charge in [0.05, 0.1) is 6.61 Å². The smallest absolute Gasteiger partial charge is 0.408 e. The van der Waals surface area contributed by atoms with Crippen molar-refractivity contribution in [2.24, 2.45) is 13.0 Å². The molecule has 8 nitrogen and oxygen atoms in total. The minimum absolute atomic E-state index is 0.169. The summed E-state index contributed by atoms with van der Waals surface area (Å²) in [4.78, 5) is 38.3. The number of nitrogens with one attached hydrogen (secondary N) is 2. The summed E-state index contributed by atoms with van der Waals surface area (Å²) < 4.78 is 12.6. The number of hydrogen-bond donors (Lipinski definition) is 2. The Bertz CT molecular complexity index is 976. The first-order valence-electron chi connectivity index (χ1n) is 11.5. The van der Waals surface area contributed by atoms with Crippen LogP contribution in [0.15, 0.2) is 30.5 Å². The molecule has 2 aromatic rings. The van der Waals surface area contributed by atoms with Crippen LogP contribution in [0.25, 0.3) is 10.9 Å². The van der Waals surface area contributed by atoms with Gasteiger partial charge in [-0.15, -0.1) is 0 Å². The van der Waals surface area contributed by atoms with Gasteiger partial charge in [-0.1, -0.05) is 38.5 Å². The lowest BCUT2D eigenvalue weighted by Gasteiger charge is -2.27. The predicted molar refractivity (Wildman–Crippen MR) is 128 cm³/mol. The summed E-state index contributed by atoms with van der Waals surface area (Å²) in [5.41, 5.74) is 1.26. The van der Waals surface area contributed by atoms with Gasteiger partial charge in [0.1, 0.15) is 17.7 Å². The van der Waals surface area contributed by atoms with E-state index < -0.39 is 35.7 Å². The van der Waals surface area contributed by atoms with Gasteiger partial charge in [0.25, 0.3) is 0 Å². The Balaban J connectivity index is 2.26. The Labute approximate surface area is 196 Å². The summed E-state index contributed by atoms with van der Waals surface area (Å²) in [6.07, 6.45) is 2.20. The molecule has 33 heavy (non-hydrogen) atoms. The maximum absolute atomic E-state index is 13.2. The molecule has 0 saturated heterocycles. The average Bonchev–Trinajstić information content (AvgIpc) is 3.05. The van der Waals surface area contributed by atoms with Gasteiger partial charge in [-0.25, -0.2) is 9.59 Å². The Morgan fingerprint density at radius 2 is 1.76 bits per heavy atom. The number of carbonyl (C=O) groups excluding carboxylic acids is 3. The predicted octanol–water partition coefficient (Wildman–Crippen LogP) is 3.71. The van der Waals surface area contributed by atoms with Crippen LogP contribution in [-0.2, 0) is 32.5 Å². The zero-order valence-corrected chi connectivity index (χ0v) is 20.7. The average molecular weight is 460 g/mol. The summed E-state index contributed by atoms with van der Waals surface area (Å²) in [6.45, 7) is 11.0. The van der Waals surface area contributed by atoms with Crippen LogP contribution >= 0.6 is 0 Å². The van der Waals surface area contributed by atoms with Crippen LogP contribution in [0.1, 0.15) is 53.5 Å². The molecule has 2 rings (SSSR count). The zero-order chi connectivity index (χ0) is 24.8. The summed E-state index contributed by atoms with van der Waals surface area (Å²) in [5.74, 6) is -1.13. The van der Waals surface area contributed by atoms with Crippen molar-refractivity contribution in [2.45, 2.75) is 72.1 Å². The van der Waals surface area contributed by atoms with Crippen LogP contribution in [0.2, 0.25) is 0 Å². The fourth-order valence-corrected chi connectivity index (χ4v) is 3.64. The second-order valence-electron chi connectivity index (χ2n) is 9.31. The fraction of sp³-hybridized carbons (Fsp3) is 0.560. The number of amides is 2. The summed E-state index contributed by atoms with van der Waals surface area (Å²) in [7, 11) is 1.94. The molecule has 0 aliphatic rings. The number of nitrogens with zero attached hydrogens (tertiary/aromatic N) is 1. The molecule has 0 fully saturated rings. The topological polar surface area (TPSA) is 98.7 Å². The molecule has 2 amide bonds. The second kappa shape index (κ2) is 11.2. The molecule has 0 bridgehead atoms. The number of carbonyl (C=O) groups is 3. The van der Waals surface area contributed by atoms with Crippen LogP contribution in [-0.4, -0.2) is 46.8 Å². The van der Waals surface area contributed by atoms with E-state index in [0.717, 1.165) is 16.5 Å². The van der Waals surface area contributed by atoms with E-state index in [1.54, 1.807) is 27.7 Å². The maximum Gasteiger partial charge on any atom is 0.408 e. The number of aryl methyl sites for hydroxylation is 1. The Morgan fingerprint density at radius 3 is 2.36 bits per heavy atom. The van der Waals surface area contributed by atoms with E-state index in [1.807, 2.05) is 55.9 Å². The number of hydrogen-bond acceptors (Lipinski definition) is 5. The lowest BCUT2D eigenvalue weighted by molar-refractivity contribution is -0.147. The van der Waals surface area contributed by atoms with Gasteiger partial charge < -0.3 is 24.7 Å². The molecule has 0 radical (unpaired) electrons. The van der Waals surface area contributed by atoms with E-state index in [-0.39, 0.29) is 18.9 Å². The van der Waals surface area contributed by atoms with Crippen molar-refractivity contribution in [3.05, 3.63) is 36.0 Å². The molecule has 8 heteroatoms. The van der Waals surface area contributed by atoms with Crippen molar-refractivity contribution < 1.29 is 23.9 Å². The number of aromatic nitrogens is 1. The SMILES string of the molecule is CCOC(=O)C(Cc1cn(C)c2ccccc12)NC(=O)[C@@H](NC(=O)OC(C)(C)C)[C@@H](C)CC. The second-order valence-corrected chi connectivity index (χ2v) is 9.31. The molecule has 1 aromatic carbocycles. The van der Waals surface area contributed by atoms with Gasteiger partial charge in [0.15, 0.2) is 0 Å². The quantitative estimate of drug-likeness (QED) is 0.557. The van der Waals surface area contributed by atoms with Crippen LogP contribution in [0.5, 0.6) is 0 Å². The Morgan fingerprint density at radius 1 is 1.09 bits per heavy atom. The van der Waals surface area contributed by atoms with E-state index >= 15 is 0 Å². The van der Waals surface area contributed by atoms with Crippen LogP contribution in [0.3, 0.4) is 0 Å². The van der Waals surface area contributed by atoms with Crippen LogP contribution in [0.4, 0.5) is 4.79 Å². The van der Waals surface area contributed by atoms with Gasteiger partial charge >= 0.3 is 12.1 Å². The monoisotopic (exact) mass is 459 g/mol. The van der Waals surface area contributed by atoms with Gasteiger partial charge in [-0.05, 0) is 45.2 Å². The molecular weight excluding hydrogens is 422 g/mol. The van der Waals surface area contributed by atoms with E-state index in [1.165, 1.54) is 0 Å². The molecule has 0 spiro atoms. The summed E-state index contributed by atoms with van der Waals surface area (Å²) >= 11 is 0. The number of rotatable bonds is 9. The number of benzene rings is 1. The standard InChI is InChI=1S/C25H37N3O5/c1-8-16(3)21(27-24(31)33-25(4,5)6)22(29)26-19(23(30)32-9-2)14-17-15-28(7)20-13-11-10-12-18(17)20/h10-13,15-16,19,21H,8-9,14H2,1-7H3,(H,26,29)(H,27,31)/t16-,19?,21-/m0/s1. The number of esters is 1. The molecular formula is C25H37N3O5. The third-order valence-electron chi connectivity index (χ3n) is 5.46. The highest BCUT2D eigenvalue weighted by Gasteiger charge is 2.32. The van der Waals surface area contributed by atoms with E-state index in [0.29, 0.717) is 6.42 Å². The van der Waals surface area contributed by atoms with Crippen molar-refractivity contribution in [3.63, 3.8) is 0 Å². The Kier molecular flexibility index (Phi) is 8.91. The van der Waals surface area contributed by atoms with Crippen molar-refractivity contribution in [2.75, 3.05) is 6.61 Å². The molecule has 1 heterocycles. The van der Waals surface area contributed by atoms with Crippen molar-refractivity contribution in [3.8, 4) is 0 Å². The van der Waals surface area contributed by atoms with E-state index in [9.17, 15) is 14.4 Å². The zero-order valence-electron chi connectivity index (χ0n) is 20.7. The van der Waals surface area contributed by atoms with E-state index in [2.05, 4.69) is 10.6 Å². The molecule has 1 aromatic heterocycles.